The highest BCUT2D eigenvalue weighted by Gasteiger charge is 2.52. The van der Waals surface area contributed by atoms with Gasteiger partial charge in [-0.15, -0.1) is 0 Å². The number of hydrogen-bond donors (Lipinski definition) is 0. The Hall–Kier alpha value is -2.54. The van der Waals surface area contributed by atoms with E-state index in [-0.39, 0.29) is 0 Å². The lowest BCUT2D eigenvalue weighted by Gasteiger charge is -2.03. The maximum absolute atomic E-state index is 5.29. The molecule has 1 fully saturated rings. The highest BCUT2D eigenvalue weighted by atomic mass is 16.5. The van der Waals surface area contributed by atoms with Gasteiger partial charge in [-0.2, -0.15) is 0 Å². The molecule has 3 aromatic carbocycles. The molecule has 0 spiro atoms. The number of methoxy groups -OCH3 is 1. The van der Waals surface area contributed by atoms with E-state index in [0.29, 0.717) is 17.8 Å². The molecule has 23 heavy (non-hydrogen) atoms. The second kappa shape index (κ2) is 5.92. The van der Waals surface area contributed by atoms with Gasteiger partial charge < -0.3 is 4.74 Å². The minimum Gasteiger partial charge on any atom is -0.497 e. The van der Waals surface area contributed by atoms with Gasteiger partial charge in [-0.3, -0.25) is 0 Å². The van der Waals surface area contributed by atoms with Crippen molar-refractivity contribution in [2.24, 2.45) is 0 Å². The zero-order chi connectivity index (χ0) is 15.6. The summed E-state index contributed by atoms with van der Waals surface area (Å²) < 4.78 is 5.29. The molecule has 0 unspecified atom stereocenters. The van der Waals surface area contributed by atoms with Gasteiger partial charge in [-0.25, -0.2) is 0 Å². The number of hydrogen-bond acceptors (Lipinski definition) is 1. The van der Waals surface area contributed by atoms with Gasteiger partial charge in [0.15, 0.2) is 0 Å². The first-order valence-electron chi connectivity index (χ1n) is 8.12. The topological polar surface area (TPSA) is 9.23 Å². The van der Waals surface area contributed by atoms with Crippen molar-refractivity contribution in [3.8, 4) is 5.75 Å². The SMILES string of the molecule is COc1ccc(C2[C@@H](c3ccccc3)[C@@H]2c2ccccc2)cc1. The fraction of sp³-hybridized carbons (Fsp3) is 0.182. The molecule has 1 aliphatic rings. The summed E-state index contributed by atoms with van der Waals surface area (Å²) in [6, 6.07) is 30.3. The van der Waals surface area contributed by atoms with Crippen molar-refractivity contribution in [3.05, 3.63) is 102 Å². The van der Waals surface area contributed by atoms with Crippen molar-refractivity contribution in [1.29, 1.82) is 0 Å². The molecule has 4 rings (SSSR count). The van der Waals surface area contributed by atoms with Crippen molar-refractivity contribution in [3.63, 3.8) is 0 Å². The van der Waals surface area contributed by atoms with Crippen molar-refractivity contribution >= 4 is 0 Å². The van der Waals surface area contributed by atoms with Crippen LogP contribution in [0, 0.1) is 0 Å². The summed E-state index contributed by atoms with van der Waals surface area (Å²) in [6.07, 6.45) is 0. The molecule has 2 atom stereocenters. The molecule has 0 bridgehead atoms. The molecule has 1 heteroatoms. The second-order valence-electron chi connectivity index (χ2n) is 6.17. The van der Waals surface area contributed by atoms with Crippen molar-refractivity contribution in [1.82, 2.24) is 0 Å². The lowest BCUT2D eigenvalue weighted by Crippen LogP contribution is -1.86. The smallest absolute Gasteiger partial charge is 0.118 e. The molecular formula is C22H20O. The molecule has 1 aliphatic carbocycles. The van der Waals surface area contributed by atoms with Gasteiger partial charge in [0.2, 0.25) is 0 Å². The second-order valence-corrected chi connectivity index (χ2v) is 6.17. The fourth-order valence-corrected chi connectivity index (χ4v) is 3.73. The van der Waals surface area contributed by atoms with Crippen molar-refractivity contribution in [2.45, 2.75) is 17.8 Å². The van der Waals surface area contributed by atoms with E-state index in [1.54, 1.807) is 7.11 Å². The zero-order valence-electron chi connectivity index (χ0n) is 13.2. The van der Waals surface area contributed by atoms with Crippen LogP contribution in [-0.2, 0) is 0 Å². The van der Waals surface area contributed by atoms with Crippen LogP contribution in [0.15, 0.2) is 84.9 Å². The van der Waals surface area contributed by atoms with Gasteiger partial charge in [0.1, 0.15) is 5.75 Å². The zero-order valence-corrected chi connectivity index (χ0v) is 13.2. The van der Waals surface area contributed by atoms with Crippen LogP contribution in [-0.4, -0.2) is 7.11 Å². The predicted molar refractivity (Wildman–Crippen MR) is 94.1 cm³/mol. The van der Waals surface area contributed by atoms with Crippen LogP contribution in [0.4, 0.5) is 0 Å². The van der Waals surface area contributed by atoms with E-state index in [1.165, 1.54) is 16.7 Å². The van der Waals surface area contributed by atoms with E-state index in [0.717, 1.165) is 5.75 Å². The Morgan fingerprint density at radius 2 is 0.913 bits per heavy atom. The van der Waals surface area contributed by atoms with Crippen LogP contribution in [0.25, 0.3) is 0 Å². The van der Waals surface area contributed by atoms with Crippen LogP contribution < -0.4 is 4.74 Å². The van der Waals surface area contributed by atoms with Crippen molar-refractivity contribution in [2.75, 3.05) is 7.11 Å². The van der Waals surface area contributed by atoms with E-state index in [4.69, 9.17) is 4.74 Å². The number of ether oxygens (including phenoxy) is 1. The third kappa shape index (κ3) is 2.63. The third-order valence-electron chi connectivity index (χ3n) is 4.89. The lowest BCUT2D eigenvalue weighted by molar-refractivity contribution is 0.414. The molecule has 0 heterocycles. The Balaban J connectivity index is 1.70. The monoisotopic (exact) mass is 300 g/mol. The van der Waals surface area contributed by atoms with Gasteiger partial charge in [0, 0.05) is 0 Å². The first-order chi connectivity index (χ1) is 11.4. The molecule has 0 aliphatic heterocycles. The maximum atomic E-state index is 5.29. The summed E-state index contributed by atoms with van der Waals surface area (Å²) in [5, 5.41) is 0. The molecule has 0 N–H and O–H groups in total. The molecule has 114 valence electrons. The van der Waals surface area contributed by atoms with E-state index >= 15 is 0 Å². The van der Waals surface area contributed by atoms with Gasteiger partial charge in [-0.05, 0) is 46.6 Å². The average Bonchev–Trinajstić information content (AvgIpc) is 3.39. The Bertz CT molecular complexity index is 717. The quantitative estimate of drug-likeness (QED) is 0.630. The van der Waals surface area contributed by atoms with Gasteiger partial charge in [-0.1, -0.05) is 72.8 Å². The average molecular weight is 300 g/mol. The van der Waals surface area contributed by atoms with E-state index in [2.05, 4.69) is 84.9 Å². The summed E-state index contributed by atoms with van der Waals surface area (Å²) in [6.45, 7) is 0. The van der Waals surface area contributed by atoms with E-state index < -0.39 is 0 Å². The molecule has 0 amide bonds. The van der Waals surface area contributed by atoms with E-state index in [9.17, 15) is 0 Å². The summed E-state index contributed by atoms with van der Waals surface area (Å²) in [7, 11) is 1.71. The van der Waals surface area contributed by atoms with E-state index in [1.807, 2.05) is 0 Å². The molecule has 3 aromatic rings. The lowest BCUT2D eigenvalue weighted by atomic mass is 10.0. The third-order valence-corrected chi connectivity index (χ3v) is 4.89. The number of rotatable bonds is 4. The van der Waals surface area contributed by atoms with Crippen LogP contribution in [0.1, 0.15) is 34.4 Å². The van der Waals surface area contributed by atoms with Crippen LogP contribution >= 0.6 is 0 Å². The Morgan fingerprint density at radius 1 is 0.522 bits per heavy atom. The van der Waals surface area contributed by atoms with Gasteiger partial charge in [0.25, 0.3) is 0 Å². The normalized spacial score (nSPS) is 22.6. The summed E-state index contributed by atoms with van der Waals surface area (Å²) >= 11 is 0. The first-order valence-corrected chi connectivity index (χ1v) is 8.12. The molecule has 0 aromatic heterocycles. The summed E-state index contributed by atoms with van der Waals surface area (Å²) in [4.78, 5) is 0. The Labute approximate surface area is 137 Å². The van der Waals surface area contributed by atoms with Gasteiger partial charge in [0.05, 0.1) is 7.11 Å². The molecule has 1 nitrogen and oxygen atoms in total. The predicted octanol–water partition coefficient (Wildman–Crippen LogP) is 5.36. The highest BCUT2D eigenvalue weighted by Crippen LogP contribution is 2.66. The fourth-order valence-electron chi connectivity index (χ4n) is 3.73. The molecule has 0 saturated heterocycles. The van der Waals surface area contributed by atoms with Crippen molar-refractivity contribution < 1.29 is 4.74 Å². The largest absolute Gasteiger partial charge is 0.497 e. The van der Waals surface area contributed by atoms with Crippen LogP contribution in [0.3, 0.4) is 0 Å². The Kier molecular flexibility index (Phi) is 3.63. The minimum atomic E-state index is 0.547. The molecule has 0 radical (unpaired) electrons. The molecular weight excluding hydrogens is 280 g/mol. The maximum Gasteiger partial charge on any atom is 0.118 e. The number of benzene rings is 3. The van der Waals surface area contributed by atoms with Crippen LogP contribution in [0.5, 0.6) is 5.75 Å². The minimum absolute atomic E-state index is 0.547. The highest BCUT2D eigenvalue weighted by molar-refractivity contribution is 5.48. The first kappa shape index (κ1) is 14.1. The van der Waals surface area contributed by atoms with Crippen LogP contribution in [0.2, 0.25) is 0 Å². The standard InChI is InChI=1S/C22H20O/c1-23-19-14-12-18(13-15-19)22-20(16-8-4-2-5-9-16)21(22)17-10-6-3-7-11-17/h2-15,20-22H,1H3/t20-,21-/m0/s1. The Morgan fingerprint density at radius 3 is 1.30 bits per heavy atom. The summed E-state index contributed by atoms with van der Waals surface area (Å²) in [5.74, 6) is 2.59. The summed E-state index contributed by atoms with van der Waals surface area (Å²) in [5.41, 5.74) is 4.26. The van der Waals surface area contributed by atoms with Gasteiger partial charge >= 0.3 is 0 Å². The molecule has 1 saturated carbocycles.